The lowest BCUT2D eigenvalue weighted by atomic mass is 9.84. The van der Waals surface area contributed by atoms with Crippen LogP contribution in [0, 0.1) is 0 Å². The van der Waals surface area contributed by atoms with Crippen molar-refractivity contribution in [3.63, 3.8) is 0 Å². The number of anilines is 1. The molecule has 6 amide bonds. The summed E-state index contributed by atoms with van der Waals surface area (Å²) in [5.41, 5.74) is -6.49. The first-order valence-electron chi connectivity index (χ1n) is 24.0. The van der Waals surface area contributed by atoms with E-state index in [0.717, 1.165) is 16.2 Å². The Morgan fingerprint density at radius 3 is 1.92 bits per heavy atom. The van der Waals surface area contributed by atoms with Crippen molar-refractivity contribution in [3.05, 3.63) is 40.9 Å². The van der Waals surface area contributed by atoms with E-state index in [1.807, 2.05) is 0 Å². The quantitative estimate of drug-likeness (QED) is 0.0360. The highest BCUT2D eigenvalue weighted by Crippen LogP contribution is 2.34. The van der Waals surface area contributed by atoms with Gasteiger partial charge in [0, 0.05) is 18.5 Å². The third-order valence-corrected chi connectivity index (χ3v) is 10.7. The molecule has 2 aliphatic heterocycles. The van der Waals surface area contributed by atoms with Gasteiger partial charge < -0.3 is 43.9 Å². The molecule has 27 nitrogen and oxygen atoms in total. The average molecular weight is 1130 g/mol. The molecule has 3 atom stereocenters. The number of guanidine groups is 1. The number of ether oxygens (including phenoxy) is 6. The Morgan fingerprint density at radius 2 is 1.39 bits per heavy atom. The van der Waals surface area contributed by atoms with Crippen LogP contribution in [0.3, 0.4) is 0 Å². The maximum Gasteiger partial charge on any atom is 0.418 e. The molecule has 4 rings (SSSR count). The molecule has 1 fully saturated rings. The first-order chi connectivity index (χ1) is 35.0. The molecule has 0 spiro atoms. The highest BCUT2D eigenvalue weighted by molar-refractivity contribution is 7.80. The lowest BCUT2D eigenvalue weighted by Crippen LogP contribution is -2.76. The monoisotopic (exact) mass is 1130 g/mol. The van der Waals surface area contributed by atoms with E-state index in [0.29, 0.717) is 10.6 Å². The van der Waals surface area contributed by atoms with Crippen LogP contribution in [0.2, 0.25) is 0 Å². The van der Waals surface area contributed by atoms with Crippen LogP contribution in [0.1, 0.15) is 135 Å². The topological polar surface area (TPSA) is 331 Å². The van der Waals surface area contributed by atoms with Gasteiger partial charge in [-0.3, -0.25) is 19.5 Å². The number of esters is 1. The maximum atomic E-state index is 14.0. The summed E-state index contributed by atoms with van der Waals surface area (Å²) in [7, 11) is -5.13. The number of rotatable bonds is 16. The summed E-state index contributed by atoms with van der Waals surface area (Å²) in [5.74, 6) is -3.10. The SMILES string of the molecule is CC(C)(C)OC(=O)NCCN(C(=O)OC(C)(C)C)C1=N[C@@H](c2ccc(OCC(O/N=C(\C(=O)N[C@@H]3C(=O)N(OS(=O)(=O)O)C3(C)C)c3csc(NC(=O)OC(C)(C)C)n3)C(=O)OC(C)(C)C)cc2)CN1C(=O)OC(C)(C)C. The Labute approximate surface area is 451 Å². The smallest absolute Gasteiger partial charge is 0.418 e. The molecule has 1 unspecified atom stereocenters. The van der Waals surface area contributed by atoms with Crippen LogP contribution in [-0.4, -0.2) is 159 Å². The second kappa shape index (κ2) is 23.8. The number of carbonyl (C=O) groups excluding carboxylic acids is 7. The molecule has 1 aromatic carbocycles. The Morgan fingerprint density at radius 1 is 0.831 bits per heavy atom. The van der Waals surface area contributed by atoms with E-state index in [2.05, 4.69) is 30.4 Å². The van der Waals surface area contributed by atoms with Crippen LogP contribution in [-0.2, 0) is 57.6 Å². The number of aromatic nitrogens is 1. The van der Waals surface area contributed by atoms with Gasteiger partial charge in [0.05, 0.1) is 18.1 Å². The number of nitrogens with zero attached hydrogens (tertiary/aromatic N) is 6. The van der Waals surface area contributed by atoms with E-state index >= 15 is 0 Å². The molecule has 0 aliphatic carbocycles. The van der Waals surface area contributed by atoms with Crippen molar-refractivity contribution in [2.45, 2.75) is 169 Å². The maximum absolute atomic E-state index is 14.0. The van der Waals surface area contributed by atoms with E-state index < -0.39 is 117 Å². The molecule has 4 N–H and O–H groups in total. The summed E-state index contributed by atoms with van der Waals surface area (Å²) < 4.78 is 70.1. The van der Waals surface area contributed by atoms with E-state index in [1.54, 1.807) is 116 Å². The number of hydrogen-bond donors (Lipinski definition) is 4. The Balaban J connectivity index is 1.66. The van der Waals surface area contributed by atoms with Crippen LogP contribution in [0.15, 0.2) is 39.8 Å². The lowest BCUT2D eigenvalue weighted by molar-refractivity contribution is -0.218. The van der Waals surface area contributed by atoms with Crippen LogP contribution in [0.4, 0.5) is 24.3 Å². The van der Waals surface area contributed by atoms with Gasteiger partial charge in [-0.2, -0.15) is 13.5 Å². The van der Waals surface area contributed by atoms with Gasteiger partial charge in [-0.15, -0.1) is 15.6 Å². The fraction of sp³-hybridized carbons (Fsp3) is 0.625. The van der Waals surface area contributed by atoms with E-state index in [4.69, 9.17) is 38.3 Å². The predicted molar refractivity (Wildman–Crippen MR) is 277 cm³/mol. The Hall–Kier alpha value is -6.85. The molecule has 29 heteroatoms. The molecule has 2 aliphatic rings. The molecule has 0 radical (unpaired) electrons. The first-order valence-corrected chi connectivity index (χ1v) is 26.3. The van der Waals surface area contributed by atoms with E-state index in [9.17, 15) is 46.5 Å². The highest BCUT2D eigenvalue weighted by atomic mass is 32.3. The van der Waals surface area contributed by atoms with E-state index in [-0.39, 0.29) is 42.2 Å². The minimum Gasteiger partial charge on any atom is -0.489 e. The van der Waals surface area contributed by atoms with Gasteiger partial charge in [-0.1, -0.05) is 17.3 Å². The fourth-order valence-electron chi connectivity index (χ4n) is 6.59. The standard InChI is InChI=1S/C48H71N9O18S2/c1-43(2,3)69-36(60)31(74-54-32(30-26-76-37(50-30)53-40(62)71-45(7,8)9)34(58)52-33-35(59)57(48(33,16)17)75-77(65,66)67)25-68-28-20-18-27(19-21-28)29-24-56(42(64)73-47(13,14)15)38(51-29)55(41(63)72-46(10,11)12)23-22-49-39(61)70-44(4,5)6/h18-21,26,29,31,33H,22-25H2,1-17H3,(H,49,61)(H,52,58)(H,50,53,62)(H,65,66,67)/b54-32-/t29-,31?,33-/m1/s1. The van der Waals surface area contributed by atoms with Gasteiger partial charge in [-0.05, 0) is 135 Å². The Kier molecular flexibility index (Phi) is 19.4. The zero-order valence-electron chi connectivity index (χ0n) is 46.3. The number of amides is 6. The van der Waals surface area contributed by atoms with Gasteiger partial charge in [0.15, 0.2) is 10.8 Å². The van der Waals surface area contributed by atoms with Crippen molar-refractivity contribution in [1.29, 1.82) is 0 Å². The Bertz CT molecular complexity index is 2690. The van der Waals surface area contributed by atoms with Crippen molar-refractivity contribution >= 4 is 80.7 Å². The summed E-state index contributed by atoms with van der Waals surface area (Å²) in [6.45, 7) is 26.5. The minimum atomic E-state index is -5.13. The third kappa shape index (κ3) is 19.6. The molecule has 0 bridgehead atoms. The van der Waals surface area contributed by atoms with Crippen molar-refractivity contribution in [1.82, 2.24) is 30.5 Å². The fourth-order valence-corrected chi connectivity index (χ4v) is 7.72. The van der Waals surface area contributed by atoms with Crippen molar-refractivity contribution in [3.8, 4) is 5.75 Å². The van der Waals surface area contributed by atoms with Crippen LogP contribution >= 0.6 is 11.3 Å². The number of benzene rings is 1. The molecule has 428 valence electrons. The number of hydrogen-bond acceptors (Lipinski definition) is 21. The van der Waals surface area contributed by atoms with Gasteiger partial charge in [0.1, 0.15) is 52.1 Å². The van der Waals surface area contributed by atoms with Gasteiger partial charge >= 0.3 is 40.7 Å². The highest BCUT2D eigenvalue weighted by Gasteiger charge is 2.58. The zero-order chi connectivity index (χ0) is 58.4. The van der Waals surface area contributed by atoms with Gasteiger partial charge in [-0.25, -0.2) is 43.7 Å². The van der Waals surface area contributed by atoms with E-state index in [1.165, 1.54) is 36.3 Å². The molecular weight excluding hydrogens is 1050 g/mol. The number of carbonyl (C=O) groups is 7. The summed E-state index contributed by atoms with van der Waals surface area (Å²) in [4.78, 5) is 110. The minimum absolute atomic E-state index is 0.0528. The number of hydroxylamine groups is 2. The summed E-state index contributed by atoms with van der Waals surface area (Å²) in [6.07, 6.45) is -4.97. The van der Waals surface area contributed by atoms with Crippen LogP contribution in [0.25, 0.3) is 0 Å². The number of nitrogens with one attached hydrogen (secondary N) is 3. The summed E-state index contributed by atoms with van der Waals surface area (Å²) >= 11 is 0.855. The van der Waals surface area contributed by atoms with Gasteiger partial charge in [0.25, 0.3) is 17.9 Å². The summed E-state index contributed by atoms with van der Waals surface area (Å²) in [6, 6.07) is 4.09. The summed E-state index contributed by atoms with van der Waals surface area (Å²) in [5, 5.41) is 13.1. The molecule has 0 saturated carbocycles. The molecule has 2 aromatic rings. The second-order valence-electron chi connectivity index (χ2n) is 22.9. The number of thiazole rings is 1. The number of oxime groups is 1. The number of aliphatic imine (C=N–C) groups is 1. The third-order valence-electron chi connectivity index (χ3n) is 9.64. The largest absolute Gasteiger partial charge is 0.489 e. The van der Waals surface area contributed by atoms with Crippen LogP contribution < -0.4 is 20.7 Å². The first kappa shape index (κ1) is 62.7. The van der Waals surface area contributed by atoms with Crippen molar-refractivity contribution < 1.29 is 84.1 Å². The second-order valence-corrected chi connectivity index (χ2v) is 24.8. The van der Waals surface area contributed by atoms with Gasteiger partial charge in [0.2, 0.25) is 5.96 Å². The molecule has 77 heavy (non-hydrogen) atoms. The van der Waals surface area contributed by atoms with Crippen LogP contribution in [0.5, 0.6) is 5.75 Å². The predicted octanol–water partition coefficient (Wildman–Crippen LogP) is 6.25. The van der Waals surface area contributed by atoms with Crippen molar-refractivity contribution in [2.75, 3.05) is 31.6 Å². The number of alkyl carbamates (subject to hydrolysis) is 1. The lowest BCUT2D eigenvalue weighted by Gasteiger charge is -2.50. The normalized spacial score (nSPS) is 17.5. The number of β-lactam (4-membered cyclic amide) rings is 1. The average Bonchev–Trinajstić information content (AvgIpc) is 3.89. The molecular formula is C48H71N9O18S2. The molecule has 3 heterocycles. The zero-order valence-corrected chi connectivity index (χ0v) is 48.0. The molecule has 1 aromatic heterocycles. The van der Waals surface area contributed by atoms with Crippen molar-refractivity contribution in [2.24, 2.45) is 10.1 Å². The molecule has 1 saturated heterocycles.